The zero-order valence-electron chi connectivity index (χ0n) is 14.5. The monoisotopic (exact) mass is 328 g/mol. The Morgan fingerprint density at radius 2 is 1.96 bits per heavy atom. The van der Waals surface area contributed by atoms with Crippen molar-refractivity contribution in [2.75, 3.05) is 6.61 Å². The molecule has 3 fully saturated rings. The summed E-state index contributed by atoms with van der Waals surface area (Å²) in [7, 11) is 0. The highest BCUT2D eigenvalue weighted by Crippen LogP contribution is 2.53. The zero-order chi connectivity index (χ0) is 16.5. The third-order valence-corrected chi connectivity index (χ3v) is 6.60. The van der Waals surface area contributed by atoms with Crippen LogP contribution in [0.2, 0.25) is 0 Å². The fourth-order valence-corrected chi connectivity index (χ4v) is 5.56. The Balaban J connectivity index is 1.47. The number of hydrogen-bond acceptors (Lipinski definition) is 3. The Hall–Kier alpha value is -1.35. The summed E-state index contributed by atoms with van der Waals surface area (Å²) in [4.78, 5) is 12.3. The molecule has 1 aromatic carbocycles. The molecule has 4 rings (SSSR count). The van der Waals surface area contributed by atoms with Gasteiger partial charge in [-0.15, -0.1) is 0 Å². The van der Waals surface area contributed by atoms with Crippen LogP contribution in [0.1, 0.15) is 44.6 Å². The number of carbonyl (C=O) groups excluding carboxylic acids is 1. The molecule has 0 spiro atoms. The van der Waals surface area contributed by atoms with E-state index < -0.39 is 0 Å². The van der Waals surface area contributed by atoms with Gasteiger partial charge in [0, 0.05) is 5.92 Å². The summed E-state index contributed by atoms with van der Waals surface area (Å²) in [6.07, 6.45) is 6.33. The largest absolute Gasteiger partial charge is 0.462 e. The number of carbonyl (C=O) groups is 1. The number of fused-ring (bicyclic) bond motifs is 2. The minimum absolute atomic E-state index is 0.0459. The first-order chi connectivity index (χ1) is 11.7. The molecule has 0 N–H and O–H groups in total. The fraction of sp³-hybridized carbons (Fsp3) is 0.667. The number of ether oxygens (including phenoxy) is 2. The third-order valence-electron chi connectivity index (χ3n) is 6.60. The van der Waals surface area contributed by atoms with E-state index in [-0.39, 0.29) is 18.0 Å². The van der Waals surface area contributed by atoms with Gasteiger partial charge in [0.2, 0.25) is 0 Å². The lowest BCUT2D eigenvalue weighted by atomic mass is 9.58. The van der Waals surface area contributed by atoms with Gasteiger partial charge in [0.25, 0.3) is 0 Å². The Morgan fingerprint density at radius 3 is 2.79 bits per heavy atom. The Kier molecular flexibility index (Phi) is 4.62. The predicted molar refractivity (Wildman–Crippen MR) is 92.2 cm³/mol. The molecule has 3 nitrogen and oxygen atoms in total. The van der Waals surface area contributed by atoms with Gasteiger partial charge in [-0.25, -0.2) is 0 Å². The van der Waals surface area contributed by atoms with Gasteiger partial charge in [-0.1, -0.05) is 49.6 Å². The first-order valence-electron chi connectivity index (χ1n) is 9.56. The van der Waals surface area contributed by atoms with Gasteiger partial charge < -0.3 is 9.47 Å². The van der Waals surface area contributed by atoms with E-state index in [2.05, 4.69) is 31.2 Å². The third kappa shape index (κ3) is 2.99. The topological polar surface area (TPSA) is 35.5 Å². The van der Waals surface area contributed by atoms with Crippen molar-refractivity contribution in [2.24, 2.45) is 29.6 Å². The maximum atomic E-state index is 12.3. The predicted octanol–water partition coefficient (Wildman–Crippen LogP) is 4.21. The molecule has 3 heteroatoms. The van der Waals surface area contributed by atoms with Gasteiger partial charge in [0.05, 0.1) is 19.1 Å². The molecule has 0 bridgehead atoms. The molecule has 0 radical (unpaired) electrons. The average molecular weight is 328 g/mol. The maximum Gasteiger partial charge on any atom is 0.309 e. The van der Waals surface area contributed by atoms with Crippen molar-refractivity contribution < 1.29 is 14.3 Å². The molecule has 1 aromatic rings. The second kappa shape index (κ2) is 6.87. The average Bonchev–Trinajstić information content (AvgIpc) is 2.89. The summed E-state index contributed by atoms with van der Waals surface area (Å²) >= 11 is 0. The van der Waals surface area contributed by atoms with E-state index in [9.17, 15) is 4.79 Å². The van der Waals surface area contributed by atoms with E-state index in [4.69, 9.17) is 9.47 Å². The van der Waals surface area contributed by atoms with Crippen molar-refractivity contribution in [3.05, 3.63) is 35.9 Å². The highest BCUT2D eigenvalue weighted by Gasteiger charge is 2.54. The van der Waals surface area contributed by atoms with E-state index in [1.54, 1.807) is 0 Å². The van der Waals surface area contributed by atoms with Gasteiger partial charge in [-0.05, 0) is 43.1 Å². The standard InChI is InChI=1S/C21H28O3/c1-14-20-18(21(22)24-14)11-16-9-5-6-10-17(16)19(20)13-23-12-15-7-3-2-4-8-15/h2-4,7-8,14,16-20H,5-6,9-13H2,1H3/t14-,16+,17-,18-,19+,20-/m1/s1. The Labute approximate surface area is 144 Å². The highest BCUT2D eigenvalue weighted by molar-refractivity contribution is 5.75. The number of esters is 1. The van der Waals surface area contributed by atoms with Crippen LogP contribution in [0.3, 0.4) is 0 Å². The van der Waals surface area contributed by atoms with E-state index in [0.29, 0.717) is 30.3 Å². The molecule has 24 heavy (non-hydrogen) atoms. The van der Waals surface area contributed by atoms with Crippen molar-refractivity contribution in [2.45, 2.75) is 51.7 Å². The number of cyclic esters (lactones) is 1. The summed E-state index contributed by atoms with van der Waals surface area (Å²) in [5.74, 6) is 2.40. The summed E-state index contributed by atoms with van der Waals surface area (Å²) in [5.41, 5.74) is 1.22. The van der Waals surface area contributed by atoms with Crippen LogP contribution in [0, 0.1) is 29.6 Å². The molecule has 6 atom stereocenters. The Morgan fingerprint density at radius 1 is 1.17 bits per heavy atom. The molecular formula is C21H28O3. The van der Waals surface area contributed by atoms with E-state index in [0.717, 1.165) is 13.0 Å². The van der Waals surface area contributed by atoms with Crippen LogP contribution in [-0.4, -0.2) is 18.7 Å². The van der Waals surface area contributed by atoms with E-state index >= 15 is 0 Å². The van der Waals surface area contributed by atoms with Crippen LogP contribution in [0.15, 0.2) is 30.3 Å². The van der Waals surface area contributed by atoms with Gasteiger partial charge in [0.1, 0.15) is 6.10 Å². The van der Waals surface area contributed by atoms with Crippen LogP contribution in [0.25, 0.3) is 0 Å². The van der Waals surface area contributed by atoms with Crippen molar-refractivity contribution in [3.8, 4) is 0 Å². The van der Waals surface area contributed by atoms with Gasteiger partial charge in [-0.2, -0.15) is 0 Å². The fourth-order valence-electron chi connectivity index (χ4n) is 5.56. The molecule has 1 aliphatic heterocycles. The molecule has 3 aliphatic rings. The van der Waals surface area contributed by atoms with Crippen LogP contribution in [0.4, 0.5) is 0 Å². The molecule has 2 aliphatic carbocycles. The molecule has 0 amide bonds. The first kappa shape index (κ1) is 16.1. The molecule has 0 aromatic heterocycles. The second-order valence-corrected chi connectivity index (χ2v) is 7.93. The summed E-state index contributed by atoms with van der Waals surface area (Å²) in [6, 6.07) is 10.4. The minimum atomic E-state index is 0.0459. The number of benzene rings is 1. The number of rotatable bonds is 4. The molecular weight excluding hydrogens is 300 g/mol. The molecule has 2 saturated carbocycles. The normalized spacial score (nSPS) is 38.3. The van der Waals surface area contributed by atoms with E-state index in [1.165, 1.54) is 31.2 Å². The van der Waals surface area contributed by atoms with Crippen LogP contribution in [-0.2, 0) is 20.9 Å². The van der Waals surface area contributed by atoms with Crippen LogP contribution in [0.5, 0.6) is 0 Å². The van der Waals surface area contributed by atoms with Gasteiger partial charge >= 0.3 is 5.97 Å². The maximum absolute atomic E-state index is 12.3. The summed E-state index contributed by atoms with van der Waals surface area (Å²) < 4.78 is 11.7. The summed E-state index contributed by atoms with van der Waals surface area (Å²) in [5, 5.41) is 0. The zero-order valence-corrected chi connectivity index (χ0v) is 14.5. The quantitative estimate of drug-likeness (QED) is 0.777. The van der Waals surface area contributed by atoms with Gasteiger partial charge in [-0.3, -0.25) is 4.79 Å². The van der Waals surface area contributed by atoms with Gasteiger partial charge in [0.15, 0.2) is 0 Å². The lowest BCUT2D eigenvalue weighted by Gasteiger charge is -2.46. The minimum Gasteiger partial charge on any atom is -0.462 e. The van der Waals surface area contributed by atoms with Crippen molar-refractivity contribution in [3.63, 3.8) is 0 Å². The Bertz CT molecular complexity index is 570. The van der Waals surface area contributed by atoms with Crippen LogP contribution >= 0.6 is 0 Å². The first-order valence-corrected chi connectivity index (χ1v) is 9.56. The SMILES string of the molecule is C[C@H]1OC(=O)[C@@H]2C[C@@H]3CCCC[C@H]3[C@H](COCc3ccccc3)[C@H]12. The smallest absolute Gasteiger partial charge is 0.309 e. The highest BCUT2D eigenvalue weighted by atomic mass is 16.6. The molecule has 1 saturated heterocycles. The van der Waals surface area contributed by atoms with Crippen molar-refractivity contribution >= 4 is 5.97 Å². The molecule has 1 heterocycles. The summed E-state index contributed by atoms with van der Waals surface area (Å²) in [6.45, 7) is 3.50. The van der Waals surface area contributed by atoms with Crippen molar-refractivity contribution in [1.82, 2.24) is 0 Å². The number of hydrogen-bond donors (Lipinski definition) is 0. The lowest BCUT2D eigenvalue weighted by molar-refractivity contribution is -0.144. The van der Waals surface area contributed by atoms with Crippen LogP contribution < -0.4 is 0 Å². The lowest BCUT2D eigenvalue weighted by Crippen LogP contribution is -2.45. The molecule has 0 unspecified atom stereocenters. The second-order valence-electron chi connectivity index (χ2n) is 7.93. The van der Waals surface area contributed by atoms with E-state index in [1.807, 2.05) is 6.07 Å². The van der Waals surface area contributed by atoms with Crippen molar-refractivity contribution in [1.29, 1.82) is 0 Å². The molecule has 130 valence electrons.